The Morgan fingerprint density at radius 3 is 1.36 bits per heavy atom. The number of hydrogen-bond acceptors (Lipinski definition) is 0. The van der Waals surface area contributed by atoms with Gasteiger partial charge in [0.25, 0.3) is 0 Å². The van der Waals surface area contributed by atoms with Crippen molar-refractivity contribution in [1.82, 2.24) is 0 Å². The first-order chi connectivity index (χ1) is 31.3. The van der Waals surface area contributed by atoms with Crippen molar-refractivity contribution in [2.75, 3.05) is 0 Å². The molecule has 0 atom stereocenters. The topological polar surface area (TPSA) is 0 Å². The van der Waals surface area contributed by atoms with Crippen molar-refractivity contribution < 1.29 is 0 Å². The normalized spacial score (nSPS) is 14.9. The lowest BCUT2D eigenvalue weighted by atomic mass is 9.76. The van der Waals surface area contributed by atoms with E-state index in [-0.39, 0.29) is 10.8 Å². The van der Waals surface area contributed by atoms with Crippen molar-refractivity contribution in [2.24, 2.45) is 0 Å². The van der Waals surface area contributed by atoms with Gasteiger partial charge in [0.15, 0.2) is 0 Å². The van der Waals surface area contributed by atoms with E-state index in [1.54, 1.807) is 0 Å². The smallest absolute Gasteiger partial charge is 0.0159 e. The maximum absolute atomic E-state index is 2.61. The Labute approximate surface area is 376 Å². The van der Waals surface area contributed by atoms with Crippen LogP contribution in [0.2, 0.25) is 0 Å². The molecule has 0 amide bonds. The molecule has 10 aromatic rings. The molecule has 3 aliphatic carbocycles. The lowest BCUT2D eigenvalue weighted by molar-refractivity contribution is 0.661. The van der Waals surface area contributed by atoms with Gasteiger partial charge in [0.2, 0.25) is 0 Å². The summed E-state index contributed by atoms with van der Waals surface area (Å²) in [6, 6.07) is 69.3. The summed E-state index contributed by atoms with van der Waals surface area (Å²) in [7, 11) is 0. The minimum atomic E-state index is -0.158. The van der Waals surface area contributed by atoms with Gasteiger partial charge in [-0.15, -0.1) is 0 Å². The molecular weight excluding hydrogens is 769 g/mol. The van der Waals surface area contributed by atoms with E-state index in [1.807, 2.05) is 0 Å². The molecule has 0 radical (unpaired) electrons. The molecule has 10 aromatic carbocycles. The number of rotatable bonds is 4. The average molecular weight is 817 g/mol. The van der Waals surface area contributed by atoms with Gasteiger partial charge in [-0.25, -0.2) is 0 Å². The van der Waals surface area contributed by atoms with Crippen LogP contribution in [0.5, 0.6) is 0 Å². The van der Waals surface area contributed by atoms with Crippen molar-refractivity contribution in [3.63, 3.8) is 0 Å². The largest absolute Gasteiger partial charge is 0.0836 e. The molecule has 0 N–H and O–H groups in total. The standard InChI is InChI=1S/C64H48/c1-63(2)57-29-17-15-27-47(57)51-35-53-55(37-59(51)63)62(50-34-32-42(40-21-9-6-10-22-40)44-24-12-14-26-46(44)50)56-38-60-52(48-28-16-18-30-58(48)64(60,3)4)36-54(56)61(53)49-33-31-41(39-19-7-5-8-20-39)43-23-11-13-25-45(43)49/h5-11,13-23,25-38H,12,24H2,1-4H3. The Balaban J connectivity index is 1.24. The number of benzene rings is 10. The van der Waals surface area contributed by atoms with Crippen molar-refractivity contribution in [2.45, 2.75) is 51.4 Å². The van der Waals surface area contributed by atoms with Crippen LogP contribution in [0.3, 0.4) is 0 Å². The fraction of sp³-hybridized carbons (Fsp3) is 0.125. The molecule has 0 fully saturated rings. The van der Waals surface area contributed by atoms with Crippen LogP contribution in [0, 0.1) is 0 Å². The molecule has 0 bridgehead atoms. The minimum Gasteiger partial charge on any atom is -0.0836 e. The third kappa shape index (κ3) is 5.17. The van der Waals surface area contributed by atoms with Gasteiger partial charge in [0, 0.05) is 10.8 Å². The predicted octanol–water partition coefficient (Wildman–Crippen LogP) is 17.4. The summed E-state index contributed by atoms with van der Waals surface area (Å²) in [5, 5.41) is 7.79. The van der Waals surface area contributed by atoms with Gasteiger partial charge < -0.3 is 0 Å². The van der Waals surface area contributed by atoms with Gasteiger partial charge in [-0.3, -0.25) is 0 Å². The van der Waals surface area contributed by atoms with E-state index in [0.29, 0.717) is 0 Å². The van der Waals surface area contributed by atoms with Gasteiger partial charge >= 0.3 is 0 Å². The van der Waals surface area contributed by atoms with Crippen LogP contribution in [0.15, 0.2) is 188 Å². The van der Waals surface area contributed by atoms with Gasteiger partial charge in [-0.05, 0) is 170 Å². The molecular formula is C64H48. The third-order valence-electron chi connectivity index (χ3n) is 15.4. The van der Waals surface area contributed by atoms with Crippen molar-refractivity contribution in [1.29, 1.82) is 0 Å². The molecule has 64 heavy (non-hydrogen) atoms. The first-order valence-electron chi connectivity index (χ1n) is 23.1. The van der Waals surface area contributed by atoms with E-state index >= 15 is 0 Å². The van der Waals surface area contributed by atoms with Crippen LogP contribution < -0.4 is 0 Å². The lowest BCUT2D eigenvalue weighted by Gasteiger charge is -2.27. The van der Waals surface area contributed by atoms with Crippen molar-refractivity contribution in [3.05, 3.63) is 221 Å². The zero-order valence-electron chi connectivity index (χ0n) is 36.9. The van der Waals surface area contributed by atoms with Crippen LogP contribution in [0.1, 0.15) is 67.5 Å². The maximum atomic E-state index is 2.61. The zero-order valence-corrected chi connectivity index (χ0v) is 36.9. The lowest BCUT2D eigenvalue weighted by Crippen LogP contribution is -2.15. The first-order valence-corrected chi connectivity index (χ1v) is 23.1. The van der Waals surface area contributed by atoms with Gasteiger partial charge in [-0.1, -0.05) is 198 Å². The molecule has 0 heterocycles. The van der Waals surface area contributed by atoms with Crippen LogP contribution in [-0.2, 0) is 17.3 Å². The van der Waals surface area contributed by atoms with E-state index in [9.17, 15) is 0 Å². The molecule has 0 saturated carbocycles. The maximum Gasteiger partial charge on any atom is 0.0159 e. The predicted molar refractivity (Wildman–Crippen MR) is 273 cm³/mol. The van der Waals surface area contributed by atoms with E-state index in [4.69, 9.17) is 0 Å². The molecule has 3 aliphatic rings. The number of allylic oxidation sites excluding steroid dienone is 1. The van der Waals surface area contributed by atoms with E-state index < -0.39 is 0 Å². The Kier molecular flexibility index (Phi) is 7.93. The molecule has 0 aromatic heterocycles. The van der Waals surface area contributed by atoms with Gasteiger partial charge in [0.1, 0.15) is 0 Å². The highest BCUT2D eigenvalue weighted by atomic mass is 14.4. The molecule has 0 saturated heterocycles. The minimum absolute atomic E-state index is 0.158. The summed E-state index contributed by atoms with van der Waals surface area (Å²) in [5.41, 5.74) is 23.8. The van der Waals surface area contributed by atoms with E-state index in [2.05, 4.69) is 222 Å². The second-order valence-corrected chi connectivity index (χ2v) is 19.4. The Morgan fingerprint density at radius 1 is 0.328 bits per heavy atom. The highest BCUT2D eigenvalue weighted by Crippen LogP contribution is 2.57. The van der Waals surface area contributed by atoms with Crippen LogP contribution in [0.25, 0.3) is 105 Å². The summed E-state index contributed by atoms with van der Waals surface area (Å²) < 4.78 is 0. The summed E-state index contributed by atoms with van der Waals surface area (Å²) in [6.45, 7) is 9.69. The second kappa shape index (κ2) is 13.6. The Bertz CT molecular complexity index is 3510. The first kappa shape index (κ1) is 37.3. The Hall–Kier alpha value is -7.28. The summed E-state index contributed by atoms with van der Waals surface area (Å²) in [6.07, 6.45) is 6.90. The molecule has 304 valence electrons. The van der Waals surface area contributed by atoms with Crippen LogP contribution in [-0.4, -0.2) is 0 Å². The number of hydrogen-bond donors (Lipinski definition) is 0. The summed E-state index contributed by atoms with van der Waals surface area (Å²) in [5.74, 6) is 0. The third-order valence-corrected chi connectivity index (χ3v) is 15.4. The van der Waals surface area contributed by atoms with Crippen LogP contribution >= 0.6 is 0 Å². The SMILES string of the molecule is CC1(C)c2ccccc2-c2cc3c(-c4ccc(-c5ccccc5)c5ccccc45)c4cc5c(cc4c(-c4ccc(-c6ccccc6)c6c4C=CCC6)c3cc21)C(C)(C)c1ccccc1-5. The summed E-state index contributed by atoms with van der Waals surface area (Å²) in [4.78, 5) is 0. The average Bonchev–Trinajstić information content (AvgIpc) is 3.70. The highest BCUT2D eigenvalue weighted by molar-refractivity contribution is 6.26. The Morgan fingerprint density at radius 2 is 0.766 bits per heavy atom. The van der Waals surface area contributed by atoms with Crippen molar-refractivity contribution >= 4 is 38.4 Å². The highest BCUT2D eigenvalue weighted by Gasteiger charge is 2.39. The van der Waals surface area contributed by atoms with Crippen LogP contribution in [0.4, 0.5) is 0 Å². The molecule has 13 rings (SSSR count). The number of fused-ring (bicyclic) bond motifs is 10. The fourth-order valence-electron chi connectivity index (χ4n) is 12.2. The fourth-order valence-corrected chi connectivity index (χ4v) is 12.2. The molecule has 0 heteroatoms. The molecule has 0 spiro atoms. The second-order valence-electron chi connectivity index (χ2n) is 19.4. The van der Waals surface area contributed by atoms with Gasteiger partial charge in [0.05, 0.1) is 0 Å². The molecule has 0 unspecified atom stereocenters. The quantitative estimate of drug-likeness (QED) is 0.155. The van der Waals surface area contributed by atoms with Crippen molar-refractivity contribution in [3.8, 4) is 66.8 Å². The van der Waals surface area contributed by atoms with E-state index in [1.165, 1.54) is 132 Å². The monoisotopic (exact) mass is 816 g/mol. The zero-order chi connectivity index (χ0) is 42.9. The summed E-state index contributed by atoms with van der Waals surface area (Å²) >= 11 is 0. The van der Waals surface area contributed by atoms with E-state index in [0.717, 1.165) is 12.8 Å². The molecule has 0 aliphatic heterocycles. The van der Waals surface area contributed by atoms with Gasteiger partial charge in [-0.2, -0.15) is 0 Å². The molecule has 0 nitrogen and oxygen atoms in total.